The van der Waals surface area contributed by atoms with Gasteiger partial charge >= 0.3 is 0 Å². The Morgan fingerprint density at radius 3 is 2.57 bits per heavy atom. The van der Waals surface area contributed by atoms with Crippen LogP contribution in [0.5, 0.6) is 0 Å². The van der Waals surface area contributed by atoms with Crippen molar-refractivity contribution in [2.24, 2.45) is 5.92 Å². The monoisotopic (exact) mass is 314 g/mol. The largest absolute Gasteiger partial charge is 0.316 e. The second kappa shape index (κ2) is 6.02. The molecule has 0 aromatic heterocycles. The van der Waals surface area contributed by atoms with Crippen LogP contribution in [-0.2, 0) is 16.6 Å². The Labute approximate surface area is 126 Å². The summed E-state index contributed by atoms with van der Waals surface area (Å²) in [7, 11) is -1.85. The Kier molecular flexibility index (Phi) is 4.70. The summed E-state index contributed by atoms with van der Waals surface area (Å²) >= 11 is 0. The lowest BCUT2D eigenvalue weighted by molar-refractivity contribution is 0.405. The first-order valence-electron chi connectivity index (χ1n) is 7.22. The first-order chi connectivity index (χ1) is 9.77. The molecule has 1 aromatic carbocycles. The highest BCUT2D eigenvalue weighted by atomic mass is 32.2. The van der Waals surface area contributed by atoms with Crippen molar-refractivity contribution in [1.82, 2.24) is 9.62 Å². The number of sulfonamides is 1. The van der Waals surface area contributed by atoms with Crippen LogP contribution in [0.1, 0.15) is 31.4 Å². The highest BCUT2D eigenvalue weighted by Crippen LogP contribution is 2.30. The zero-order valence-electron chi connectivity index (χ0n) is 13.0. The van der Waals surface area contributed by atoms with Crippen molar-refractivity contribution in [2.75, 3.05) is 13.6 Å². The molecule has 0 bridgehead atoms. The molecule has 0 aliphatic carbocycles. The van der Waals surface area contributed by atoms with Gasteiger partial charge in [0.25, 0.3) is 0 Å². The predicted molar refractivity (Wildman–Crippen MR) is 81.0 cm³/mol. The standard InChI is InChI=1S/C15H23FN2O2S/c1-10-5-12(3)18(9-10)21(19,20)14-6-11(2)15(16)13(7-14)8-17-4/h6-7,10,12,17H,5,8-9H2,1-4H3. The quantitative estimate of drug-likeness (QED) is 0.927. The van der Waals surface area contributed by atoms with E-state index >= 15 is 0 Å². The van der Waals surface area contributed by atoms with Gasteiger partial charge in [0.2, 0.25) is 10.0 Å². The molecule has 1 aliphatic heterocycles. The smallest absolute Gasteiger partial charge is 0.243 e. The Morgan fingerprint density at radius 1 is 1.38 bits per heavy atom. The number of halogens is 1. The molecule has 0 saturated carbocycles. The zero-order chi connectivity index (χ0) is 15.8. The molecular formula is C15H23FN2O2S. The van der Waals surface area contributed by atoms with Gasteiger partial charge in [-0.25, -0.2) is 12.8 Å². The molecule has 1 aliphatic rings. The molecule has 0 radical (unpaired) electrons. The minimum absolute atomic E-state index is 0.0110. The summed E-state index contributed by atoms with van der Waals surface area (Å²) in [5.74, 6) is 0.0132. The van der Waals surface area contributed by atoms with Crippen molar-refractivity contribution >= 4 is 10.0 Å². The van der Waals surface area contributed by atoms with E-state index in [0.29, 0.717) is 30.1 Å². The van der Waals surface area contributed by atoms with E-state index in [9.17, 15) is 12.8 Å². The lowest BCUT2D eigenvalue weighted by Crippen LogP contribution is -2.34. The SMILES string of the molecule is CNCc1cc(S(=O)(=O)N2CC(C)CC2C)cc(C)c1F. The summed E-state index contributed by atoms with van der Waals surface area (Å²) in [5.41, 5.74) is 0.747. The molecular weight excluding hydrogens is 291 g/mol. The summed E-state index contributed by atoms with van der Waals surface area (Å²) in [6.45, 7) is 6.41. The molecule has 2 atom stereocenters. The molecule has 0 amide bonds. The maximum Gasteiger partial charge on any atom is 0.243 e. The zero-order valence-corrected chi connectivity index (χ0v) is 13.8. The second-order valence-electron chi connectivity index (χ2n) is 6.01. The molecule has 1 aromatic rings. The van der Waals surface area contributed by atoms with Crippen LogP contribution in [0.15, 0.2) is 17.0 Å². The van der Waals surface area contributed by atoms with Gasteiger partial charge in [-0.15, -0.1) is 0 Å². The minimum atomic E-state index is -3.56. The maximum absolute atomic E-state index is 14.0. The maximum atomic E-state index is 14.0. The second-order valence-corrected chi connectivity index (χ2v) is 7.90. The Balaban J connectivity index is 2.45. The summed E-state index contributed by atoms with van der Waals surface area (Å²) in [4.78, 5) is 0.188. The van der Waals surface area contributed by atoms with Crippen LogP contribution in [0.2, 0.25) is 0 Å². The van der Waals surface area contributed by atoms with Crippen LogP contribution in [-0.4, -0.2) is 32.4 Å². The Bertz CT molecular complexity index is 631. The highest BCUT2D eigenvalue weighted by molar-refractivity contribution is 7.89. The Morgan fingerprint density at radius 2 is 2.05 bits per heavy atom. The fraction of sp³-hybridized carbons (Fsp3) is 0.600. The van der Waals surface area contributed by atoms with Gasteiger partial charge in [-0.2, -0.15) is 4.31 Å². The number of benzene rings is 1. The van der Waals surface area contributed by atoms with Crippen molar-refractivity contribution in [3.63, 3.8) is 0 Å². The summed E-state index contributed by atoms with van der Waals surface area (Å²) < 4.78 is 41.1. The molecule has 118 valence electrons. The summed E-state index contributed by atoms with van der Waals surface area (Å²) in [5, 5.41) is 2.87. The molecule has 2 rings (SSSR count). The van der Waals surface area contributed by atoms with Crippen molar-refractivity contribution in [3.05, 3.63) is 29.1 Å². The molecule has 4 nitrogen and oxygen atoms in total. The molecule has 2 unspecified atom stereocenters. The minimum Gasteiger partial charge on any atom is -0.316 e. The molecule has 1 fully saturated rings. The van der Waals surface area contributed by atoms with Gasteiger partial charge in [0.15, 0.2) is 0 Å². The lowest BCUT2D eigenvalue weighted by atomic mass is 10.1. The highest BCUT2D eigenvalue weighted by Gasteiger charge is 2.36. The van der Waals surface area contributed by atoms with E-state index in [1.165, 1.54) is 16.4 Å². The van der Waals surface area contributed by atoms with Crippen LogP contribution in [0.4, 0.5) is 4.39 Å². The van der Waals surface area contributed by atoms with Crippen molar-refractivity contribution in [1.29, 1.82) is 0 Å². The van der Waals surface area contributed by atoms with Crippen molar-refractivity contribution in [2.45, 2.75) is 44.7 Å². The number of hydrogen-bond acceptors (Lipinski definition) is 3. The van der Waals surface area contributed by atoms with Gasteiger partial charge < -0.3 is 5.32 Å². The average Bonchev–Trinajstić information content (AvgIpc) is 2.74. The normalized spacial score (nSPS) is 23.7. The average molecular weight is 314 g/mol. The fourth-order valence-corrected chi connectivity index (χ4v) is 4.91. The Hall–Kier alpha value is -0.980. The summed E-state index contributed by atoms with van der Waals surface area (Å²) in [6.07, 6.45) is 0.864. The van der Waals surface area contributed by atoms with E-state index < -0.39 is 10.0 Å². The van der Waals surface area contributed by atoms with Crippen molar-refractivity contribution < 1.29 is 12.8 Å². The molecule has 0 spiro atoms. The molecule has 1 saturated heterocycles. The van der Waals surface area contributed by atoms with E-state index in [-0.39, 0.29) is 16.8 Å². The lowest BCUT2D eigenvalue weighted by Gasteiger charge is -2.22. The summed E-state index contributed by atoms with van der Waals surface area (Å²) in [6, 6.07) is 2.87. The topological polar surface area (TPSA) is 49.4 Å². The third kappa shape index (κ3) is 3.12. The third-order valence-corrected chi connectivity index (χ3v) is 5.96. The van der Waals surface area contributed by atoms with E-state index in [4.69, 9.17) is 0 Å². The third-order valence-electron chi connectivity index (χ3n) is 4.00. The number of nitrogens with zero attached hydrogens (tertiary/aromatic N) is 1. The van der Waals surface area contributed by atoms with Crippen LogP contribution in [0.3, 0.4) is 0 Å². The van der Waals surface area contributed by atoms with Gasteiger partial charge in [-0.1, -0.05) is 6.92 Å². The molecule has 1 N–H and O–H groups in total. The number of hydrogen-bond donors (Lipinski definition) is 1. The van der Waals surface area contributed by atoms with Gasteiger partial charge in [-0.3, -0.25) is 0 Å². The van der Waals surface area contributed by atoms with Crippen LogP contribution in [0.25, 0.3) is 0 Å². The van der Waals surface area contributed by atoms with Crippen LogP contribution < -0.4 is 5.32 Å². The van der Waals surface area contributed by atoms with Crippen molar-refractivity contribution in [3.8, 4) is 0 Å². The van der Waals surface area contributed by atoms with Gasteiger partial charge in [0.05, 0.1) is 4.90 Å². The van der Waals surface area contributed by atoms with Gasteiger partial charge in [0, 0.05) is 24.7 Å². The van der Waals surface area contributed by atoms with E-state index in [1.807, 2.05) is 13.8 Å². The van der Waals surface area contributed by atoms with Gasteiger partial charge in [0.1, 0.15) is 5.82 Å². The number of aryl methyl sites for hydroxylation is 1. The predicted octanol–water partition coefficient (Wildman–Crippen LogP) is 2.27. The molecule has 1 heterocycles. The van der Waals surface area contributed by atoms with E-state index in [1.54, 1.807) is 14.0 Å². The first kappa shape index (κ1) is 16.4. The number of rotatable bonds is 4. The van der Waals surface area contributed by atoms with Crippen LogP contribution in [0, 0.1) is 18.7 Å². The first-order valence-corrected chi connectivity index (χ1v) is 8.66. The number of nitrogens with one attached hydrogen (secondary N) is 1. The molecule has 21 heavy (non-hydrogen) atoms. The van der Waals surface area contributed by atoms with E-state index in [0.717, 1.165) is 6.42 Å². The molecule has 6 heteroatoms. The van der Waals surface area contributed by atoms with Crippen LogP contribution >= 0.6 is 0 Å². The fourth-order valence-electron chi connectivity index (χ4n) is 3.01. The van der Waals surface area contributed by atoms with E-state index in [2.05, 4.69) is 5.32 Å². The van der Waals surface area contributed by atoms with Gasteiger partial charge in [-0.05, 0) is 50.9 Å².